The summed E-state index contributed by atoms with van der Waals surface area (Å²) in [5.41, 5.74) is 0. The first-order valence-electron chi connectivity index (χ1n) is 0. The van der Waals surface area contributed by atoms with E-state index in [2.05, 4.69) is 0 Å². The molecular weight excluding hydrogens is 158 g/mol. The van der Waals surface area contributed by atoms with Crippen LogP contribution in [-0.4, -0.2) is 51.4 Å². The molecule has 0 saturated heterocycles. The largest absolute Gasteiger partial charge is 0.197 e. The third-order valence-corrected chi connectivity index (χ3v) is 0. The summed E-state index contributed by atoms with van der Waals surface area (Å²) in [4.78, 5) is 0. The third kappa shape index (κ3) is 8.87. The van der Waals surface area contributed by atoms with Crippen LogP contribution in [0.15, 0.2) is 0 Å². The Bertz CT molecular complexity index is 8.00. The van der Waals surface area contributed by atoms with Gasteiger partial charge in [0.1, 0.15) is 0 Å². The summed E-state index contributed by atoms with van der Waals surface area (Å²) in [7, 11) is 0. The molecule has 25 valence electrons. The second-order valence-electron chi connectivity index (χ2n) is 0. The van der Waals surface area contributed by atoms with Gasteiger partial charge in [-0.3, -0.25) is 0 Å². The van der Waals surface area contributed by atoms with Crippen molar-refractivity contribution in [3.05, 3.63) is 0 Å². The molecule has 0 aromatic rings. The summed E-state index contributed by atoms with van der Waals surface area (Å²) >= 11 is 0. The molecule has 0 heterocycles. The second kappa shape index (κ2) is 16.8. The predicted octanol–water partition coefficient (Wildman–Crippen LogP) is -0.212. The van der Waals surface area contributed by atoms with E-state index in [0.717, 1.165) is 0 Å². The van der Waals surface area contributed by atoms with Crippen molar-refractivity contribution in [3.8, 4) is 0 Å². The molecule has 0 saturated carbocycles. The van der Waals surface area contributed by atoms with Crippen molar-refractivity contribution in [2.45, 2.75) is 0 Å². The van der Waals surface area contributed by atoms with Gasteiger partial charge in [-0.1, -0.05) is 0 Å². The Labute approximate surface area is 89.8 Å². The van der Waals surface area contributed by atoms with Crippen molar-refractivity contribution >= 4 is 74.8 Å². The topological polar surface area (TPSA) is 0 Å². The summed E-state index contributed by atoms with van der Waals surface area (Å²) < 4.78 is 0. The van der Waals surface area contributed by atoms with Crippen LogP contribution in [0.4, 0.5) is 0 Å². The Hall–Kier alpha value is 2.94. The van der Waals surface area contributed by atoms with Gasteiger partial charge < -0.3 is 0 Å². The minimum atomic E-state index is 0. The molecule has 0 rings (SSSR count). The summed E-state index contributed by atoms with van der Waals surface area (Å²) in [6, 6.07) is 0. The fraction of sp³-hybridized carbons (Fsp3) is 0. The maximum atomic E-state index is 0. The Morgan fingerprint density at radius 2 is 1.00 bits per heavy atom. The first-order valence-corrected chi connectivity index (χ1v) is 0. The van der Waals surface area contributed by atoms with Gasteiger partial charge in [-0.2, -0.15) is 23.4 Å². The minimum Gasteiger partial charge on any atom is -0.197 e. The summed E-state index contributed by atoms with van der Waals surface area (Å²) in [6.07, 6.45) is 0. The van der Waals surface area contributed by atoms with Crippen LogP contribution in [0.3, 0.4) is 0 Å². The van der Waals surface area contributed by atoms with Gasteiger partial charge in [-0.25, -0.2) is 0 Å². The van der Waals surface area contributed by atoms with Crippen LogP contribution in [0.2, 0.25) is 0 Å². The Balaban J connectivity index is 0. The Kier molecular flexibility index (Phi) is 119. The zero-order valence-electron chi connectivity index (χ0n) is 2.56. The molecule has 0 aliphatic rings. The first-order chi connectivity index (χ1) is 0. The van der Waals surface area contributed by atoms with Crippen molar-refractivity contribution in [3.63, 3.8) is 0 Å². The molecule has 0 aromatic carbocycles. The molecule has 0 spiro atoms. The predicted molar refractivity (Wildman–Crippen MR) is 27.2 cm³/mol. The normalized spacial score (nSPS) is 0. The molecule has 0 amide bonds. The molecular formula is H5FeKPS. The monoisotopic (exact) mass is 163 g/mol. The van der Waals surface area contributed by atoms with Crippen LogP contribution in [-0.2, 0) is 17.1 Å². The fourth-order valence-corrected chi connectivity index (χ4v) is 0. The minimum absolute atomic E-state index is 0. The van der Waals surface area contributed by atoms with Gasteiger partial charge in [-0.15, -0.1) is 0 Å². The molecule has 0 fully saturated rings. The van der Waals surface area contributed by atoms with E-state index in [1.165, 1.54) is 0 Å². The van der Waals surface area contributed by atoms with Gasteiger partial charge in [0.2, 0.25) is 0 Å². The maximum absolute atomic E-state index is 0. The number of hydrogen-bond acceptors (Lipinski definition) is 0. The van der Waals surface area contributed by atoms with Gasteiger partial charge >= 0.3 is 0 Å². The Morgan fingerprint density at radius 1 is 1.00 bits per heavy atom. The maximum Gasteiger partial charge on any atom is 0 e. The zero-order chi connectivity index (χ0) is 0. The van der Waals surface area contributed by atoms with E-state index in [4.69, 9.17) is 0 Å². The zero-order valence-corrected chi connectivity index (χ0v) is 9.20. The van der Waals surface area contributed by atoms with E-state index in [1.807, 2.05) is 0 Å². The second-order valence-corrected chi connectivity index (χ2v) is 0. The van der Waals surface area contributed by atoms with Crippen LogP contribution < -0.4 is 0 Å². The standard InChI is InChI=1S/Fe.K.H3P.H2S/h;;1H3;1H2. The van der Waals surface area contributed by atoms with Crippen molar-refractivity contribution in [2.75, 3.05) is 0 Å². The van der Waals surface area contributed by atoms with Crippen molar-refractivity contribution in [1.82, 2.24) is 0 Å². The van der Waals surface area contributed by atoms with E-state index in [1.54, 1.807) is 0 Å². The van der Waals surface area contributed by atoms with Crippen LogP contribution in [0.25, 0.3) is 0 Å². The van der Waals surface area contributed by atoms with Gasteiger partial charge in [0, 0.05) is 68.5 Å². The van der Waals surface area contributed by atoms with Crippen LogP contribution in [0, 0.1) is 0 Å². The SMILES string of the molecule is P.S.[Fe].[K]. The molecule has 1 atom stereocenters. The summed E-state index contributed by atoms with van der Waals surface area (Å²) in [5.74, 6) is 0. The number of hydrogen-bond donors (Lipinski definition) is 0. The van der Waals surface area contributed by atoms with Gasteiger partial charge in [0.05, 0.1) is 0 Å². The van der Waals surface area contributed by atoms with E-state index >= 15 is 0 Å². The molecule has 1 radical (unpaired) electrons. The molecule has 0 aliphatic carbocycles. The van der Waals surface area contributed by atoms with Crippen molar-refractivity contribution in [1.29, 1.82) is 0 Å². The summed E-state index contributed by atoms with van der Waals surface area (Å²) in [6.45, 7) is 0. The first kappa shape index (κ1) is 28.4. The average Bonchev–Trinajstić information content (AvgIpc) is 0. The van der Waals surface area contributed by atoms with Crippen LogP contribution >= 0.6 is 23.4 Å². The smallest absolute Gasteiger partial charge is 0 e. The van der Waals surface area contributed by atoms with Gasteiger partial charge in [0.25, 0.3) is 0 Å². The van der Waals surface area contributed by atoms with Gasteiger partial charge in [-0.05, 0) is 0 Å². The molecule has 0 aliphatic heterocycles. The molecule has 0 aromatic heterocycles. The summed E-state index contributed by atoms with van der Waals surface area (Å²) in [5, 5.41) is 0. The van der Waals surface area contributed by atoms with Crippen molar-refractivity contribution < 1.29 is 17.1 Å². The van der Waals surface area contributed by atoms with Crippen molar-refractivity contribution in [2.24, 2.45) is 0 Å². The Morgan fingerprint density at radius 3 is 1.00 bits per heavy atom. The molecule has 0 nitrogen and oxygen atoms in total. The van der Waals surface area contributed by atoms with Crippen LogP contribution in [0.1, 0.15) is 0 Å². The average molecular weight is 163 g/mol. The molecule has 0 N–H and O–H groups in total. The third-order valence-electron chi connectivity index (χ3n) is 0. The molecule has 0 bridgehead atoms. The van der Waals surface area contributed by atoms with E-state index in [9.17, 15) is 0 Å². The van der Waals surface area contributed by atoms with E-state index in [-0.39, 0.29) is 91.8 Å². The quantitative estimate of drug-likeness (QED) is 0.342. The van der Waals surface area contributed by atoms with E-state index in [0.29, 0.717) is 0 Å². The van der Waals surface area contributed by atoms with Gasteiger partial charge in [0.15, 0.2) is 0 Å². The molecule has 4 heavy (non-hydrogen) atoms. The molecule has 4 heteroatoms. The molecule has 1 unspecified atom stereocenters. The number of rotatable bonds is 0. The van der Waals surface area contributed by atoms with E-state index < -0.39 is 0 Å². The van der Waals surface area contributed by atoms with Crippen LogP contribution in [0.5, 0.6) is 0 Å². The fourth-order valence-electron chi connectivity index (χ4n) is 0.